The first-order valence-corrected chi connectivity index (χ1v) is 11.7. The molecule has 154 valence electrons. The number of nitrogens with zero attached hydrogens (tertiary/aromatic N) is 4. The molecule has 0 radical (unpaired) electrons. The summed E-state index contributed by atoms with van der Waals surface area (Å²) < 4.78 is 8.80. The van der Waals surface area contributed by atoms with Gasteiger partial charge in [-0.25, -0.2) is 0 Å². The molecule has 4 aromatic rings. The Morgan fingerprint density at radius 2 is 2.23 bits per heavy atom. The predicted octanol–water partition coefficient (Wildman–Crippen LogP) is 4.43. The summed E-state index contributed by atoms with van der Waals surface area (Å²) in [6.45, 7) is 1.94. The molecule has 0 aliphatic heterocycles. The lowest BCUT2D eigenvalue weighted by atomic mass is 9.93. The summed E-state index contributed by atoms with van der Waals surface area (Å²) in [5, 5.41) is 17.7. The van der Waals surface area contributed by atoms with Gasteiger partial charge in [0.05, 0.1) is 12.2 Å². The molecule has 9 heteroatoms. The highest BCUT2D eigenvalue weighted by Crippen LogP contribution is 2.34. The summed E-state index contributed by atoms with van der Waals surface area (Å²) in [6.07, 6.45) is 4.79. The average Bonchev–Trinajstić information content (AvgIpc) is 3.44. The van der Waals surface area contributed by atoms with Crippen LogP contribution in [0.4, 0.5) is 0 Å². The normalized spacial score (nSPS) is 16.0. The van der Waals surface area contributed by atoms with Crippen molar-refractivity contribution < 1.29 is 9.21 Å². The Kier molecular flexibility index (Phi) is 5.08. The van der Waals surface area contributed by atoms with Crippen LogP contribution in [0.3, 0.4) is 0 Å². The molecule has 7 nitrogen and oxygen atoms in total. The molecular weight excluding hydrogens is 418 g/mol. The van der Waals surface area contributed by atoms with Crippen molar-refractivity contribution in [1.82, 2.24) is 25.3 Å². The number of amides is 1. The number of para-hydroxylation sites is 1. The third kappa shape index (κ3) is 3.52. The van der Waals surface area contributed by atoms with Gasteiger partial charge in [-0.3, -0.25) is 9.48 Å². The molecular formula is C21H21N5O2S2. The van der Waals surface area contributed by atoms with Crippen LogP contribution in [0.1, 0.15) is 51.3 Å². The molecule has 0 spiro atoms. The lowest BCUT2D eigenvalue weighted by molar-refractivity contribution is 0.0905. The number of rotatable bonds is 5. The summed E-state index contributed by atoms with van der Waals surface area (Å²) in [5.41, 5.74) is 3.91. The lowest BCUT2D eigenvalue weighted by Crippen LogP contribution is -2.31. The highest BCUT2D eigenvalue weighted by atomic mass is 32.2. The number of nitrogens with one attached hydrogen (secondary N) is 1. The number of aryl methyl sites for hydroxylation is 2. The molecule has 5 rings (SSSR count). The third-order valence-electron chi connectivity index (χ3n) is 5.43. The Morgan fingerprint density at radius 1 is 1.37 bits per heavy atom. The molecule has 1 aliphatic carbocycles. The van der Waals surface area contributed by atoms with Crippen molar-refractivity contribution in [3.8, 4) is 0 Å². The highest BCUT2D eigenvalue weighted by Gasteiger charge is 2.28. The van der Waals surface area contributed by atoms with Crippen LogP contribution in [0.2, 0.25) is 0 Å². The van der Waals surface area contributed by atoms with E-state index < -0.39 is 0 Å². The third-order valence-corrected chi connectivity index (χ3v) is 7.43. The van der Waals surface area contributed by atoms with Crippen molar-refractivity contribution in [1.29, 1.82) is 0 Å². The van der Waals surface area contributed by atoms with E-state index in [1.807, 2.05) is 49.1 Å². The van der Waals surface area contributed by atoms with E-state index in [1.165, 1.54) is 5.69 Å². The Morgan fingerprint density at radius 3 is 3.07 bits per heavy atom. The number of furan rings is 1. The van der Waals surface area contributed by atoms with E-state index in [4.69, 9.17) is 4.42 Å². The molecule has 0 fully saturated rings. The zero-order chi connectivity index (χ0) is 20.7. The van der Waals surface area contributed by atoms with Crippen LogP contribution in [0.15, 0.2) is 39.2 Å². The second-order valence-electron chi connectivity index (χ2n) is 7.37. The zero-order valence-corrected chi connectivity index (χ0v) is 18.3. The van der Waals surface area contributed by atoms with Crippen LogP contribution in [-0.2, 0) is 19.2 Å². The van der Waals surface area contributed by atoms with E-state index in [2.05, 4.69) is 20.6 Å². The van der Waals surface area contributed by atoms with Gasteiger partial charge in [0.15, 0.2) is 10.1 Å². The molecule has 3 aromatic heterocycles. The van der Waals surface area contributed by atoms with Crippen molar-refractivity contribution in [2.75, 3.05) is 0 Å². The Labute approximate surface area is 181 Å². The minimum Gasteiger partial charge on any atom is -0.451 e. The largest absolute Gasteiger partial charge is 0.451 e. The van der Waals surface area contributed by atoms with E-state index >= 15 is 0 Å². The summed E-state index contributed by atoms with van der Waals surface area (Å²) in [6, 6.07) is 7.73. The first kappa shape index (κ1) is 19.3. The Hall–Kier alpha value is -2.65. The summed E-state index contributed by atoms with van der Waals surface area (Å²) in [5.74, 6) is 0.787. The minimum atomic E-state index is -0.183. The van der Waals surface area contributed by atoms with Gasteiger partial charge in [-0.15, -0.1) is 10.2 Å². The second kappa shape index (κ2) is 7.88. The van der Waals surface area contributed by atoms with Crippen molar-refractivity contribution in [3.05, 3.63) is 58.1 Å². The summed E-state index contributed by atoms with van der Waals surface area (Å²) in [7, 11) is 1.95. The molecule has 1 amide bonds. The van der Waals surface area contributed by atoms with Crippen LogP contribution in [0, 0.1) is 6.92 Å². The van der Waals surface area contributed by atoms with Gasteiger partial charge in [0.2, 0.25) is 0 Å². The fourth-order valence-electron chi connectivity index (χ4n) is 3.98. The molecule has 1 aliphatic rings. The molecule has 0 unspecified atom stereocenters. The van der Waals surface area contributed by atoms with Crippen molar-refractivity contribution >= 4 is 40.0 Å². The quantitative estimate of drug-likeness (QED) is 0.463. The Bertz CT molecular complexity index is 1230. The first-order chi connectivity index (χ1) is 14.6. The van der Waals surface area contributed by atoms with Gasteiger partial charge in [0, 0.05) is 35.0 Å². The molecule has 1 atom stereocenters. The van der Waals surface area contributed by atoms with Crippen molar-refractivity contribution in [2.45, 2.75) is 42.3 Å². The van der Waals surface area contributed by atoms with Gasteiger partial charge in [-0.1, -0.05) is 41.3 Å². The van der Waals surface area contributed by atoms with Crippen LogP contribution < -0.4 is 5.32 Å². The molecule has 1 N–H and O–H groups in total. The minimum absolute atomic E-state index is 0.0468. The van der Waals surface area contributed by atoms with E-state index in [0.717, 1.165) is 50.7 Å². The number of carbonyl (C=O) groups excluding carboxylic acids is 1. The maximum Gasteiger partial charge on any atom is 0.287 e. The number of hydrogen-bond acceptors (Lipinski definition) is 7. The lowest BCUT2D eigenvalue weighted by Gasteiger charge is -2.23. The number of aromatic nitrogens is 4. The SMILES string of the molecule is Cc1nnc(SCc2c(C(=O)N[C@@H]3CCCc4c3cnn4C)oc3ccccc23)s1. The maximum atomic E-state index is 13.3. The second-order valence-corrected chi connectivity index (χ2v) is 9.77. The van der Waals surface area contributed by atoms with E-state index in [-0.39, 0.29) is 11.9 Å². The summed E-state index contributed by atoms with van der Waals surface area (Å²) in [4.78, 5) is 13.3. The Balaban J connectivity index is 1.44. The maximum absolute atomic E-state index is 13.3. The van der Waals surface area contributed by atoms with Crippen LogP contribution in [-0.4, -0.2) is 25.9 Å². The number of benzene rings is 1. The fraction of sp³-hybridized carbons (Fsp3) is 0.333. The molecule has 3 heterocycles. The van der Waals surface area contributed by atoms with E-state index in [1.54, 1.807) is 23.1 Å². The van der Waals surface area contributed by atoms with Gasteiger partial charge in [-0.05, 0) is 32.3 Å². The van der Waals surface area contributed by atoms with Crippen molar-refractivity contribution in [2.24, 2.45) is 7.05 Å². The van der Waals surface area contributed by atoms with Crippen LogP contribution >= 0.6 is 23.1 Å². The smallest absolute Gasteiger partial charge is 0.287 e. The van der Waals surface area contributed by atoms with Gasteiger partial charge < -0.3 is 9.73 Å². The molecule has 0 saturated heterocycles. The number of thioether (sulfide) groups is 1. The van der Waals surface area contributed by atoms with E-state index in [9.17, 15) is 4.79 Å². The fourth-order valence-corrected chi connectivity index (χ4v) is 5.82. The number of hydrogen-bond donors (Lipinski definition) is 1. The van der Waals surface area contributed by atoms with E-state index in [0.29, 0.717) is 11.5 Å². The van der Waals surface area contributed by atoms with Crippen LogP contribution in [0.25, 0.3) is 11.0 Å². The highest BCUT2D eigenvalue weighted by molar-refractivity contribution is 8.00. The molecule has 30 heavy (non-hydrogen) atoms. The van der Waals surface area contributed by atoms with Gasteiger partial charge in [-0.2, -0.15) is 5.10 Å². The zero-order valence-electron chi connectivity index (χ0n) is 16.7. The monoisotopic (exact) mass is 439 g/mol. The van der Waals surface area contributed by atoms with Gasteiger partial charge in [0.25, 0.3) is 5.91 Å². The number of carbonyl (C=O) groups is 1. The summed E-state index contributed by atoms with van der Waals surface area (Å²) >= 11 is 3.13. The standard InChI is InChI=1S/C21H21N5O2S2/c1-12-24-25-21(30-12)29-11-15-13-6-3-4-9-18(13)28-19(15)20(27)23-16-7-5-8-17-14(16)10-22-26(17)2/h3-4,6,9-10,16H,5,7-8,11H2,1-2H3,(H,23,27)/t16-/m1/s1. The molecule has 0 bridgehead atoms. The van der Waals surface area contributed by atoms with Crippen molar-refractivity contribution in [3.63, 3.8) is 0 Å². The van der Waals surface area contributed by atoms with Gasteiger partial charge >= 0.3 is 0 Å². The first-order valence-electron chi connectivity index (χ1n) is 9.85. The topological polar surface area (TPSA) is 85.8 Å². The predicted molar refractivity (Wildman–Crippen MR) is 117 cm³/mol. The van der Waals surface area contributed by atoms with Gasteiger partial charge in [0.1, 0.15) is 10.6 Å². The molecule has 0 saturated carbocycles. The number of fused-ring (bicyclic) bond motifs is 2. The average molecular weight is 440 g/mol. The van der Waals surface area contributed by atoms with Crippen LogP contribution in [0.5, 0.6) is 0 Å². The molecule has 1 aromatic carbocycles.